The Morgan fingerprint density at radius 2 is 2.16 bits per heavy atom. The lowest BCUT2D eigenvalue weighted by atomic mass is 9.85. The highest BCUT2D eigenvalue weighted by Gasteiger charge is 2.37. The average Bonchev–Trinajstić information content (AvgIpc) is 2.69. The molecule has 0 bridgehead atoms. The summed E-state index contributed by atoms with van der Waals surface area (Å²) in [6.07, 6.45) is -0.248. The van der Waals surface area contributed by atoms with Gasteiger partial charge in [-0.15, -0.1) is 0 Å². The molecule has 1 aromatic rings. The standard InChI is InChI=1S/C12H17F3N4/c1-17-11-9(8(6-19-11)12(13,14)15)10(16)18-5-7-3-2-4-7/h6-7,17,19H,2-5H2,1H3,(H2,16,18). The van der Waals surface area contributed by atoms with Crippen molar-refractivity contribution in [2.24, 2.45) is 5.92 Å². The number of anilines is 1. The topological polar surface area (TPSA) is 63.7 Å². The smallest absolute Gasteiger partial charge is 0.374 e. The van der Waals surface area contributed by atoms with Crippen molar-refractivity contribution in [3.8, 4) is 0 Å². The molecule has 0 aliphatic heterocycles. The minimum absolute atomic E-state index is 0.144. The predicted octanol–water partition coefficient (Wildman–Crippen LogP) is 2.79. The molecule has 4 N–H and O–H groups in total. The second-order valence-corrected chi connectivity index (χ2v) is 4.75. The van der Waals surface area contributed by atoms with Gasteiger partial charge in [-0.1, -0.05) is 6.42 Å². The van der Waals surface area contributed by atoms with Gasteiger partial charge in [-0.3, -0.25) is 5.41 Å². The van der Waals surface area contributed by atoms with Crippen molar-refractivity contribution in [3.63, 3.8) is 0 Å². The molecule has 0 saturated heterocycles. The van der Waals surface area contributed by atoms with E-state index in [2.05, 4.69) is 15.6 Å². The van der Waals surface area contributed by atoms with E-state index >= 15 is 0 Å². The molecule has 0 radical (unpaired) electrons. The third kappa shape index (κ3) is 2.85. The molecule has 106 valence electrons. The first-order valence-electron chi connectivity index (χ1n) is 6.22. The van der Waals surface area contributed by atoms with Crippen LogP contribution in [0.4, 0.5) is 19.0 Å². The van der Waals surface area contributed by atoms with E-state index in [0.29, 0.717) is 12.5 Å². The third-order valence-corrected chi connectivity index (χ3v) is 3.48. The quantitative estimate of drug-likeness (QED) is 0.504. The summed E-state index contributed by atoms with van der Waals surface area (Å²) < 4.78 is 38.6. The molecule has 1 aliphatic carbocycles. The number of alkyl halides is 3. The van der Waals surface area contributed by atoms with Gasteiger partial charge in [0.1, 0.15) is 11.7 Å². The molecule has 4 nitrogen and oxygen atoms in total. The number of hydrogen-bond acceptors (Lipinski definition) is 2. The van der Waals surface area contributed by atoms with Gasteiger partial charge >= 0.3 is 6.18 Å². The highest BCUT2D eigenvalue weighted by molar-refractivity contribution is 6.02. The summed E-state index contributed by atoms with van der Waals surface area (Å²) in [4.78, 5) is 2.52. The number of hydrogen-bond donors (Lipinski definition) is 4. The Balaban J connectivity index is 2.15. The van der Waals surface area contributed by atoms with Gasteiger partial charge in [-0.05, 0) is 18.8 Å². The Labute approximate surface area is 109 Å². The van der Waals surface area contributed by atoms with Gasteiger partial charge in [0.05, 0.1) is 11.1 Å². The maximum atomic E-state index is 12.9. The minimum Gasteiger partial charge on any atom is -0.374 e. The predicted molar refractivity (Wildman–Crippen MR) is 67.5 cm³/mol. The Kier molecular flexibility index (Phi) is 3.73. The van der Waals surface area contributed by atoms with Gasteiger partial charge in [0.25, 0.3) is 0 Å². The lowest BCUT2D eigenvalue weighted by Gasteiger charge is -2.26. The zero-order valence-corrected chi connectivity index (χ0v) is 10.6. The number of halogens is 3. The van der Waals surface area contributed by atoms with Crippen molar-refractivity contribution in [2.75, 3.05) is 18.9 Å². The molecule has 1 aromatic heterocycles. The van der Waals surface area contributed by atoms with Crippen LogP contribution in [0.2, 0.25) is 0 Å². The van der Waals surface area contributed by atoms with E-state index in [1.54, 1.807) is 0 Å². The molecule has 7 heteroatoms. The molecular weight excluding hydrogens is 257 g/mol. The Morgan fingerprint density at radius 1 is 1.47 bits per heavy atom. The number of H-pyrrole nitrogens is 1. The first kappa shape index (κ1) is 13.8. The van der Waals surface area contributed by atoms with E-state index in [-0.39, 0.29) is 17.2 Å². The number of nitrogens with one attached hydrogen (secondary N) is 4. The molecule has 0 atom stereocenters. The van der Waals surface area contributed by atoms with Crippen LogP contribution in [0.3, 0.4) is 0 Å². The fraction of sp³-hybridized carbons (Fsp3) is 0.583. The summed E-state index contributed by atoms with van der Waals surface area (Å²) in [5, 5.41) is 13.3. The van der Waals surface area contributed by atoms with E-state index < -0.39 is 11.7 Å². The fourth-order valence-corrected chi connectivity index (χ4v) is 2.14. The van der Waals surface area contributed by atoms with Crippen LogP contribution in [0.1, 0.15) is 30.4 Å². The molecule has 1 aliphatic rings. The molecular formula is C12H17F3N4. The van der Waals surface area contributed by atoms with Crippen molar-refractivity contribution in [3.05, 3.63) is 17.3 Å². The molecule has 0 spiro atoms. The first-order valence-corrected chi connectivity index (χ1v) is 6.22. The van der Waals surface area contributed by atoms with E-state index in [1.807, 2.05) is 0 Å². The maximum Gasteiger partial charge on any atom is 0.418 e. The van der Waals surface area contributed by atoms with Crippen molar-refractivity contribution >= 4 is 11.7 Å². The van der Waals surface area contributed by atoms with E-state index in [0.717, 1.165) is 19.0 Å². The van der Waals surface area contributed by atoms with E-state index in [4.69, 9.17) is 5.41 Å². The van der Waals surface area contributed by atoms with Crippen LogP contribution >= 0.6 is 0 Å². The minimum atomic E-state index is -4.47. The molecule has 1 heterocycles. The van der Waals surface area contributed by atoms with Crippen LogP contribution in [0.25, 0.3) is 0 Å². The lowest BCUT2D eigenvalue weighted by Crippen LogP contribution is -2.33. The van der Waals surface area contributed by atoms with E-state index in [9.17, 15) is 13.2 Å². The van der Waals surface area contributed by atoms with Crippen molar-refractivity contribution < 1.29 is 13.2 Å². The Hall–Kier alpha value is -1.66. The van der Waals surface area contributed by atoms with Crippen LogP contribution in [0, 0.1) is 11.3 Å². The van der Waals surface area contributed by atoms with Gasteiger partial charge in [0.15, 0.2) is 0 Å². The van der Waals surface area contributed by atoms with Crippen molar-refractivity contribution in [2.45, 2.75) is 25.4 Å². The Morgan fingerprint density at radius 3 is 2.63 bits per heavy atom. The van der Waals surface area contributed by atoms with Gasteiger partial charge in [0.2, 0.25) is 0 Å². The van der Waals surface area contributed by atoms with Gasteiger partial charge in [-0.25, -0.2) is 0 Å². The highest BCUT2D eigenvalue weighted by Crippen LogP contribution is 2.35. The second kappa shape index (κ2) is 5.14. The average molecular weight is 274 g/mol. The van der Waals surface area contributed by atoms with Gasteiger partial charge < -0.3 is 15.6 Å². The summed E-state index contributed by atoms with van der Waals surface area (Å²) >= 11 is 0. The molecule has 2 rings (SSSR count). The molecule has 0 unspecified atom stereocenters. The molecule has 19 heavy (non-hydrogen) atoms. The fourth-order valence-electron chi connectivity index (χ4n) is 2.14. The monoisotopic (exact) mass is 274 g/mol. The summed E-state index contributed by atoms with van der Waals surface area (Å²) in [5.74, 6) is 0.495. The van der Waals surface area contributed by atoms with Crippen LogP contribution in [0.15, 0.2) is 6.20 Å². The lowest BCUT2D eigenvalue weighted by molar-refractivity contribution is -0.137. The molecule has 1 saturated carbocycles. The molecule has 0 amide bonds. The largest absolute Gasteiger partial charge is 0.418 e. The summed E-state index contributed by atoms with van der Waals surface area (Å²) in [6.45, 7) is 0.560. The van der Waals surface area contributed by atoms with Crippen LogP contribution < -0.4 is 10.6 Å². The normalized spacial score (nSPS) is 16.0. The van der Waals surface area contributed by atoms with Crippen LogP contribution in [-0.4, -0.2) is 24.4 Å². The number of aromatic amines is 1. The van der Waals surface area contributed by atoms with Crippen LogP contribution in [0.5, 0.6) is 0 Å². The molecule has 1 fully saturated rings. The Bertz CT molecular complexity index is 460. The number of rotatable bonds is 4. The summed E-state index contributed by atoms with van der Waals surface area (Å²) in [6, 6.07) is 0. The number of aromatic nitrogens is 1. The van der Waals surface area contributed by atoms with Crippen LogP contribution in [-0.2, 0) is 6.18 Å². The zero-order valence-electron chi connectivity index (χ0n) is 10.6. The number of amidine groups is 1. The maximum absolute atomic E-state index is 12.9. The highest BCUT2D eigenvalue weighted by atomic mass is 19.4. The SMILES string of the molecule is CNc1[nH]cc(C(F)(F)F)c1C(=N)NCC1CCC1. The van der Waals surface area contributed by atoms with Gasteiger partial charge in [0, 0.05) is 19.8 Å². The van der Waals surface area contributed by atoms with Crippen molar-refractivity contribution in [1.29, 1.82) is 5.41 Å². The van der Waals surface area contributed by atoms with Crippen molar-refractivity contribution in [1.82, 2.24) is 10.3 Å². The summed E-state index contributed by atoms with van der Waals surface area (Å²) in [5.41, 5.74) is -0.961. The zero-order chi connectivity index (χ0) is 14.0. The second-order valence-electron chi connectivity index (χ2n) is 4.75. The third-order valence-electron chi connectivity index (χ3n) is 3.48. The van der Waals surface area contributed by atoms with E-state index in [1.165, 1.54) is 13.5 Å². The first-order chi connectivity index (χ1) is 8.93. The molecule has 0 aromatic carbocycles. The summed E-state index contributed by atoms with van der Waals surface area (Å²) in [7, 11) is 1.52. The van der Waals surface area contributed by atoms with Gasteiger partial charge in [-0.2, -0.15) is 13.2 Å².